The van der Waals surface area contributed by atoms with Gasteiger partial charge < -0.3 is 16.4 Å². The Morgan fingerprint density at radius 2 is 1.86 bits per heavy atom. The number of carbonyl (C=O) groups excluding carboxylic acids is 1. The van der Waals surface area contributed by atoms with Gasteiger partial charge >= 0.3 is 6.03 Å². The van der Waals surface area contributed by atoms with Crippen LogP contribution in [0.3, 0.4) is 0 Å². The molecule has 10 heteroatoms. The Morgan fingerprint density at radius 3 is 2.50 bits per heavy atom. The zero-order chi connectivity index (χ0) is 20.1. The van der Waals surface area contributed by atoms with Crippen LogP contribution >= 0.6 is 0 Å². The van der Waals surface area contributed by atoms with E-state index in [0.29, 0.717) is 11.3 Å². The molecule has 0 aliphatic carbocycles. The number of nitrogen functional groups attached to an aromatic ring is 1. The van der Waals surface area contributed by atoms with E-state index < -0.39 is 9.84 Å². The molecule has 0 fully saturated rings. The average molecular weight is 398 g/mol. The summed E-state index contributed by atoms with van der Waals surface area (Å²) in [5.41, 5.74) is 7.32. The number of nitrogens with zero attached hydrogens (tertiary/aromatic N) is 3. The van der Waals surface area contributed by atoms with Crippen molar-refractivity contribution in [3.05, 3.63) is 60.4 Å². The summed E-state index contributed by atoms with van der Waals surface area (Å²) in [5.74, 6) is 0.0987. The summed E-state index contributed by atoms with van der Waals surface area (Å²) >= 11 is 0. The molecule has 1 aromatic carbocycles. The summed E-state index contributed by atoms with van der Waals surface area (Å²) in [7, 11) is -2.14. The largest absolute Gasteiger partial charge is 0.384 e. The molecule has 0 aliphatic heterocycles. The number of nitrogens with two attached hydrogens (primary N) is 1. The third-order valence-electron chi connectivity index (χ3n) is 3.72. The van der Waals surface area contributed by atoms with Gasteiger partial charge in [-0.05, 0) is 36.4 Å². The molecule has 0 unspecified atom stereocenters. The fourth-order valence-corrected chi connectivity index (χ4v) is 3.61. The first-order valence-corrected chi connectivity index (χ1v) is 9.89. The molecule has 9 nitrogen and oxygen atoms in total. The highest BCUT2D eigenvalue weighted by Gasteiger charge is 2.18. The molecule has 28 heavy (non-hydrogen) atoms. The van der Waals surface area contributed by atoms with Crippen molar-refractivity contribution in [3.63, 3.8) is 0 Å². The molecule has 2 amide bonds. The third kappa shape index (κ3) is 4.60. The summed E-state index contributed by atoms with van der Waals surface area (Å²) in [4.78, 5) is 23.7. The van der Waals surface area contributed by atoms with E-state index in [1.54, 1.807) is 36.4 Å². The van der Waals surface area contributed by atoms with Crippen LogP contribution in [0.2, 0.25) is 0 Å². The van der Waals surface area contributed by atoms with Crippen LogP contribution < -0.4 is 16.4 Å². The molecule has 2 aromatic heterocycles. The van der Waals surface area contributed by atoms with Crippen molar-refractivity contribution in [3.8, 4) is 11.4 Å². The molecule has 3 aromatic rings. The number of benzene rings is 1. The van der Waals surface area contributed by atoms with Gasteiger partial charge in [-0.3, -0.25) is 0 Å². The van der Waals surface area contributed by atoms with Crippen molar-refractivity contribution in [1.82, 2.24) is 20.3 Å². The normalized spacial score (nSPS) is 11.0. The molecule has 144 valence electrons. The van der Waals surface area contributed by atoms with Gasteiger partial charge in [0.05, 0.1) is 11.4 Å². The summed E-state index contributed by atoms with van der Waals surface area (Å²) in [6.45, 7) is 0. The van der Waals surface area contributed by atoms with Crippen LogP contribution in [0.5, 0.6) is 0 Å². The Hall–Kier alpha value is -3.53. The lowest BCUT2D eigenvalue weighted by Crippen LogP contribution is -2.24. The van der Waals surface area contributed by atoms with E-state index >= 15 is 0 Å². The average Bonchev–Trinajstić information content (AvgIpc) is 2.68. The van der Waals surface area contributed by atoms with Crippen molar-refractivity contribution >= 4 is 27.4 Å². The van der Waals surface area contributed by atoms with Crippen LogP contribution in [0.15, 0.2) is 59.8 Å². The van der Waals surface area contributed by atoms with Gasteiger partial charge in [0.2, 0.25) is 9.84 Å². The minimum absolute atomic E-state index is 0.0293. The third-order valence-corrected chi connectivity index (χ3v) is 5.28. The van der Waals surface area contributed by atoms with Crippen molar-refractivity contribution in [2.75, 3.05) is 18.1 Å². The van der Waals surface area contributed by atoms with E-state index in [2.05, 4.69) is 25.6 Å². The van der Waals surface area contributed by atoms with E-state index in [0.717, 1.165) is 0 Å². The second-order valence-electron chi connectivity index (χ2n) is 5.82. The number of amides is 2. The second-order valence-corrected chi connectivity index (χ2v) is 7.75. The molecule has 0 atom stereocenters. The molecule has 3 rings (SSSR count). The Kier molecular flexibility index (Phi) is 5.50. The molecule has 2 heterocycles. The van der Waals surface area contributed by atoms with Gasteiger partial charge in [0.1, 0.15) is 5.82 Å². The Labute approximate surface area is 162 Å². The molecule has 0 aliphatic rings. The number of pyridine rings is 1. The monoisotopic (exact) mass is 398 g/mol. The number of aromatic nitrogens is 3. The zero-order valence-electron chi connectivity index (χ0n) is 15.0. The van der Waals surface area contributed by atoms with Crippen molar-refractivity contribution < 1.29 is 13.2 Å². The summed E-state index contributed by atoms with van der Waals surface area (Å²) in [5, 5.41) is 5.07. The lowest BCUT2D eigenvalue weighted by molar-refractivity contribution is 0.254. The SMILES string of the molecule is CNC(=O)Nc1ccc(-c2nc(N)cc(CS(=O)(=O)c3ccccn3)n2)cc1. The van der Waals surface area contributed by atoms with Gasteiger partial charge in [-0.25, -0.2) is 28.2 Å². The first-order valence-electron chi connectivity index (χ1n) is 8.24. The van der Waals surface area contributed by atoms with Gasteiger partial charge in [-0.2, -0.15) is 0 Å². The minimum atomic E-state index is -3.66. The first kappa shape index (κ1) is 19.2. The van der Waals surface area contributed by atoms with Crippen molar-refractivity contribution in [1.29, 1.82) is 0 Å². The van der Waals surface area contributed by atoms with Crippen LogP contribution in [0.4, 0.5) is 16.3 Å². The quantitative estimate of drug-likeness (QED) is 0.596. The van der Waals surface area contributed by atoms with Crippen LogP contribution in [0, 0.1) is 0 Å². The number of carbonyl (C=O) groups is 1. The van der Waals surface area contributed by atoms with Gasteiger partial charge in [0.25, 0.3) is 0 Å². The highest BCUT2D eigenvalue weighted by molar-refractivity contribution is 7.90. The number of sulfone groups is 1. The lowest BCUT2D eigenvalue weighted by atomic mass is 10.2. The van der Waals surface area contributed by atoms with Gasteiger partial charge in [-0.1, -0.05) is 6.07 Å². The summed E-state index contributed by atoms with van der Waals surface area (Å²) in [6.07, 6.45) is 1.42. The lowest BCUT2D eigenvalue weighted by Gasteiger charge is -2.08. The van der Waals surface area contributed by atoms with E-state index in [9.17, 15) is 13.2 Å². The molecule has 0 radical (unpaired) electrons. The Bertz CT molecular complexity index is 1090. The summed E-state index contributed by atoms with van der Waals surface area (Å²) < 4.78 is 25.1. The van der Waals surface area contributed by atoms with Crippen LogP contribution in [-0.4, -0.2) is 36.4 Å². The maximum absolute atomic E-state index is 12.5. The Morgan fingerprint density at radius 1 is 1.11 bits per heavy atom. The smallest absolute Gasteiger partial charge is 0.318 e. The molecular formula is C18H18N6O3S. The minimum Gasteiger partial charge on any atom is -0.384 e. The van der Waals surface area contributed by atoms with E-state index in [4.69, 9.17) is 5.73 Å². The fraction of sp³-hybridized carbons (Fsp3) is 0.111. The number of hydrogen-bond acceptors (Lipinski definition) is 7. The van der Waals surface area contributed by atoms with Gasteiger partial charge in [-0.15, -0.1) is 0 Å². The predicted octanol–water partition coefficient (Wildman–Crippen LogP) is 1.85. The first-order chi connectivity index (χ1) is 13.4. The molecule has 0 saturated heterocycles. The maximum atomic E-state index is 12.5. The molecule has 4 N–H and O–H groups in total. The highest BCUT2D eigenvalue weighted by atomic mass is 32.2. The molecule has 0 spiro atoms. The fourth-order valence-electron chi connectivity index (χ4n) is 2.42. The topological polar surface area (TPSA) is 140 Å². The van der Waals surface area contributed by atoms with Crippen molar-refractivity contribution in [2.24, 2.45) is 0 Å². The van der Waals surface area contributed by atoms with Crippen LogP contribution in [0.25, 0.3) is 11.4 Å². The summed E-state index contributed by atoms with van der Waals surface area (Å²) in [6, 6.07) is 12.5. The predicted molar refractivity (Wildman–Crippen MR) is 105 cm³/mol. The number of nitrogens with one attached hydrogen (secondary N) is 2. The molecular weight excluding hydrogens is 380 g/mol. The number of rotatable bonds is 5. The van der Waals surface area contributed by atoms with Crippen molar-refractivity contribution in [2.45, 2.75) is 10.8 Å². The number of anilines is 2. The molecule has 0 bridgehead atoms. The van der Waals surface area contributed by atoms with Gasteiger partial charge in [0.15, 0.2) is 10.9 Å². The zero-order valence-corrected chi connectivity index (χ0v) is 15.8. The van der Waals surface area contributed by atoms with Crippen LogP contribution in [-0.2, 0) is 15.6 Å². The standard InChI is InChI=1S/C18H18N6O3S/c1-20-18(25)23-13-7-5-12(6-8-13)17-22-14(10-15(19)24-17)11-28(26,27)16-4-2-3-9-21-16/h2-10H,11H2,1H3,(H2,19,22,24)(H2,20,23,25). The Balaban J connectivity index is 1.87. The van der Waals surface area contributed by atoms with E-state index in [1.165, 1.54) is 25.4 Å². The molecule has 0 saturated carbocycles. The van der Waals surface area contributed by atoms with Crippen LogP contribution in [0.1, 0.15) is 5.69 Å². The second kappa shape index (κ2) is 8.01. The number of urea groups is 1. The highest BCUT2D eigenvalue weighted by Crippen LogP contribution is 2.21. The van der Waals surface area contributed by atoms with Gasteiger partial charge in [0, 0.05) is 30.6 Å². The number of hydrogen-bond donors (Lipinski definition) is 3. The van der Waals surface area contributed by atoms with E-state index in [1.807, 2.05) is 0 Å². The maximum Gasteiger partial charge on any atom is 0.318 e. The van der Waals surface area contributed by atoms with E-state index in [-0.39, 0.29) is 34.1 Å².